The number of nitrogens with one attached hydrogen (secondary N) is 2. The first-order chi connectivity index (χ1) is 15.7. The number of amides is 2. The van der Waals surface area contributed by atoms with Crippen molar-refractivity contribution in [3.8, 4) is 0 Å². The molecule has 0 aliphatic heterocycles. The SMILES string of the molecule is CCCN(CC(=O)Nc1ccc(F)c(F)c1F)Cc1cc(=O)oc2cc(NC(C)=O)ccc12. The molecule has 0 radical (unpaired) electrons. The minimum absolute atomic E-state index is 0.183. The van der Waals surface area contributed by atoms with E-state index in [0.717, 1.165) is 12.1 Å². The molecule has 174 valence electrons. The van der Waals surface area contributed by atoms with Gasteiger partial charge in [0.15, 0.2) is 17.5 Å². The first-order valence-corrected chi connectivity index (χ1v) is 10.2. The first kappa shape index (κ1) is 24.0. The topological polar surface area (TPSA) is 91.7 Å². The molecular weight excluding hydrogens is 439 g/mol. The summed E-state index contributed by atoms with van der Waals surface area (Å²) in [5, 5.41) is 5.48. The molecule has 2 N–H and O–H groups in total. The van der Waals surface area contributed by atoms with Gasteiger partial charge < -0.3 is 15.1 Å². The third-order valence-corrected chi connectivity index (χ3v) is 4.76. The number of nitrogens with zero attached hydrogens (tertiary/aromatic N) is 1. The summed E-state index contributed by atoms with van der Waals surface area (Å²) in [6.45, 7) is 3.74. The van der Waals surface area contributed by atoms with E-state index in [-0.39, 0.29) is 24.6 Å². The zero-order chi connectivity index (χ0) is 24.1. The van der Waals surface area contributed by atoms with Crippen LogP contribution in [0.1, 0.15) is 25.8 Å². The molecule has 1 aromatic heterocycles. The Bertz CT molecular complexity index is 1260. The third kappa shape index (κ3) is 5.98. The highest BCUT2D eigenvalue weighted by Crippen LogP contribution is 2.23. The fourth-order valence-corrected chi connectivity index (χ4v) is 3.43. The second kappa shape index (κ2) is 10.3. The molecule has 2 amide bonds. The maximum Gasteiger partial charge on any atom is 0.336 e. The van der Waals surface area contributed by atoms with Gasteiger partial charge in [0, 0.05) is 36.7 Å². The molecule has 0 bridgehead atoms. The van der Waals surface area contributed by atoms with E-state index >= 15 is 0 Å². The van der Waals surface area contributed by atoms with Gasteiger partial charge in [-0.1, -0.05) is 6.92 Å². The lowest BCUT2D eigenvalue weighted by molar-refractivity contribution is -0.117. The average molecular weight is 461 g/mol. The molecule has 0 fully saturated rings. The molecule has 0 aliphatic rings. The van der Waals surface area contributed by atoms with Gasteiger partial charge in [0.1, 0.15) is 5.58 Å². The Morgan fingerprint density at radius 1 is 1.03 bits per heavy atom. The molecule has 1 heterocycles. The van der Waals surface area contributed by atoms with Crippen LogP contribution in [0.3, 0.4) is 0 Å². The minimum atomic E-state index is -1.67. The van der Waals surface area contributed by atoms with E-state index in [0.29, 0.717) is 29.6 Å². The van der Waals surface area contributed by atoms with Gasteiger partial charge >= 0.3 is 5.63 Å². The predicted molar refractivity (Wildman–Crippen MR) is 117 cm³/mol. The molecule has 2 aromatic carbocycles. The first-order valence-electron chi connectivity index (χ1n) is 10.2. The summed E-state index contributed by atoms with van der Waals surface area (Å²) in [7, 11) is 0. The zero-order valence-electron chi connectivity index (χ0n) is 18.0. The van der Waals surface area contributed by atoms with Crippen LogP contribution in [-0.2, 0) is 16.1 Å². The highest BCUT2D eigenvalue weighted by atomic mass is 19.2. The molecule has 0 saturated carbocycles. The second-order valence-electron chi connectivity index (χ2n) is 7.46. The molecule has 3 aromatic rings. The van der Waals surface area contributed by atoms with Crippen molar-refractivity contribution in [2.75, 3.05) is 23.7 Å². The van der Waals surface area contributed by atoms with E-state index < -0.39 is 34.7 Å². The molecule has 0 unspecified atom stereocenters. The standard InChI is InChI=1S/C23H22F3N3O4/c1-3-8-29(12-20(31)28-18-7-6-17(24)22(25)23(18)26)11-14-9-21(32)33-19-10-15(27-13(2)30)4-5-16(14)19/h4-7,9-10H,3,8,11-12H2,1-2H3,(H,27,30)(H,28,31). The van der Waals surface area contributed by atoms with Gasteiger partial charge in [-0.05, 0) is 42.8 Å². The number of fused-ring (bicyclic) bond motifs is 1. The van der Waals surface area contributed by atoms with Crippen LogP contribution in [0.2, 0.25) is 0 Å². The Morgan fingerprint density at radius 3 is 2.48 bits per heavy atom. The summed E-state index contributed by atoms with van der Waals surface area (Å²) >= 11 is 0. The molecule has 7 nitrogen and oxygen atoms in total. The summed E-state index contributed by atoms with van der Waals surface area (Å²) in [5.41, 5.74) is 0.270. The number of hydrogen-bond acceptors (Lipinski definition) is 5. The number of carbonyl (C=O) groups is 2. The maximum atomic E-state index is 13.9. The number of benzene rings is 2. The lowest BCUT2D eigenvalue weighted by atomic mass is 10.1. The van der Waals surface area contributed by atoms with Gasteiger partial charge in [0.05, 0.1) is 12.2 Å². The van der Waals surface area contributed by atoms with Crippen molar-refractivity contribution in [1.29, 1.82) is 0 Å². The van der Waals surface area contributed by atoms with Crippen LogP contribution < -0.4 is 16.3 Å². The molecule has 10 heteroatoms. The van der Waals surface area contributed by atoms with E-state index in [1.165, 1.54) is 19.1 Å². The van der Waals surface area contributed by atoms with E-state index in [1.54, 1.807) is 17.0 Å². The van der Waals surface area contributed by atoms with Gasteiger partial charge in [0.2, 0.25) is 11.8 Å². The maximum absolute atomic E-state index is 13.9. The van der Waals surface area contributed by atoms with E-state index in [1.807, 2.05) is 6.92 Å². The van der Waals surface area contributed by atoms with Crippen molar-refractivity contribution in [1.82, 2.24) is 4.90 Å². The van der Waals surface area contributed by atoms with Gasteiger partial charge in [-0.2, -0.15) is 0 Å². The summed E-state index contributed by atoms with van der Waals surface area (Å²) in [4.78, 5) is 37.5. The van der Waals surface area contributed by atoms with Crippen molar-refractivity contribution in [2.24, 2.45) is 0 Å². The van der Waals surface area contributed by atoms with Crippen LogP contribution >= 0.6 is 0 Å². The van der Waals surface area contributed by atoms with E-state index in [2.05, 4.69) is 10.6 Å². The summed E-state index contributed by atoms with van der Waals surface area (Å²) < 4.78 is 45.6. The Hall–Kier alpha value is -3.66. The fraction of sp³-hybridized carbons (Fsp3) is 0.261. The minimum Gasteiger partial charge on any atom is -0.423 e. The Labute approximate surface area is 187 Å². The molecule has 0 spiro atoms. The normalized spacial score (nSPS) is 11.1. The number of carbonyl (C=O) groups excluding carboxylic acids is 2. The number of anilines is 2. The Kier molecular flexibility index (Phi) is 7.49. The number of rotatable bonds is 8. The van der Waals surface area contributed by atoms with Crippen molar-refractivity contribution in [2.45, 2.75) is 26.8 Å². The van der Waals surface area contributed by atoms with Crippen molar-refractivity contribution in [3.63, 3.8) is 0 Å². The number of halogens is 3. The highest BCUT2D eigenvalue weighted by molar-refractivity contribution is 5.93. The van der Waals surface area contributed by atoms with Crippen LogP contribution in [-0.4, -0.2) is 29.8 Å². The molecule has 0 saturated heterocycles. The summed E-state index contributed by atoms with van der Waals surface area (Å²) in [5.74, 6) is -5.40. The van der Waals surface area contributed by atoms with Crippen LogP contribution in [0.4, 0.5) is 24.5 Å². The van der Waals surface area contributed by atoms with E-state index in [4.69, 9.17) is 4.42 Å². The monoisotopic (exact) mass is 461 g/mol. The van der Waals surface area contributed by atoms with Crippen LogP contribution in [0, 0.1) is 17.5 Å². The third-order valence-electron chi connectivity index (χ3n) is 4.76. The van der Waals surface area contributed by atoms with Crippen molar-refractivity contribution in [3.05, 3.63) is 69.8 Å². The van der Waals surface area contributed by atoms with Crippen molar-refractivity contribution < 1.29 is 27.2 Å². The second-order valence-corrected chi connectivity index (χ2v) is 7.46. The average Bonchev–Trinajstić information content (AvgIpc) is 2.73. The van der Waals surface area contributed by atoms with E-state index in [9.17, 15) is 27.6 Å². The fourth-order valence-electron chi connectivity index (χ4n) is 3.43. The van der Waals surface area contributed by atoms with Gasteiger partial charge in [-0.15, -0.1) is 0 Å². The smallest absolute Gasteiger partial charge is 0.336 e. The summed E-state index contributed by atoms with van der Waals surface area (Å²) in [6, 6.07) is 7.87. The Balaban J connectivity index is 1.81. The lowest BCUT2D eigenvalue weighted by Gasteiger charge is -2.22. The highest BCUT2D eigenvalue weighted by Gasteiger charge is 2.18. The van der Waals surface area contributed by atoms with Crippen LogP contribution in [0.5, 0.6) is 0 Å². The van der Waals surface area contributed by atoms with Crippen LogP contribution in [0.25, 0.3) is 11.0 Å². The Morgan fingerprint density at radius 2 is 1.79 bits per heavy atom. The predicted octanol–water partition coefficient (Wildman–Crippen LogP) is 4.02. The lowest BCUT2D eigenvalue weighted by Crippen LogP contribution is -2.34. The zero-order valence-corrected chi connectivity index (χ0v) is 18.0. The molecule has 0 aliphatic carbocycles. The molecule has 33 heavy (non-hydrogen) atoms. The summed E-state index contributed by atoms with van der Waals surface area (Å²) in [6.07, 6.45) is 0.679. The number of hydrogen-bond donors (Lipinski definition) is 2. The molecule has 3 rings (SSSR count). The van der Waals surface area contributed by atoms with Gasteiger partial charge in [-0.25, -0.2) is 18.0 Å². The molecular formula is C23H22F3N3O4. The molecule has 0 atom stereocenters. The quantitative estimate of drug-likeness (QED) is 0.391. The van der Waals surface area contributed by atoms with Gasteiger partial charge in [0.25, 0.3) is 0 Å². The largest absolute Gasteiger partial charge is 0.423 e. The van der Waals surface area contributed by atoms with Crippen LogP contribution in [0.15, 0.2) is 45.6 Å². The van der Waals surface area contributed by atoms with Gasteiger partial charge in [-0.3, -0.25) is 14.5 Å². The van der Waals surface area contributed by atoms with Crippen molar-refractivity contribution >= 4 is 34.2 Å².